The summed E-state index contributed by atoms with van der Waals surface area (Å²) in [6.07, 6.45) is 1.50. The van der Waals surface area contributed by atoms with E-state index in [0.29, 0.717) is 24.5 Å². The average Bonchev–Trinajstić information content (AvgIpc) is 2.84. The van der Waals surface area contributed by atoms with Gasteiger partial charge in [0.1, 0.15) is 12.0 Å². The summed E-state index contributed by atoms with van der Waals surface area (Å²) < 4.78 is 29.0. The lowest BCUT2D eigenvalue weighted by Crippen LogP contribution is -2.10. The summed E-state index contributed by atoms with van der Waals surface area (Å²) >= 11 is 0. The quantitative estimate of drug-likeness (QED) is 0.670. The van der Waals surface area contributed by atoms with Crippen molar-refractivity contribution < 1.29 is 13.7 Å². The lowest BCUT2D eigenvalue weighted by atomic mass is 10.2. The van der Waals surface area contributed by atoms with E-state index in [0.717, 1.165) is 0 Å². The third kappa shape index (κ3) is 2.71. The summed E-state index contributed by atoms with van der Waals surface area (Å²) in [7, 11) is 0. The molecule has 7 nitrogen and oxygen atoms in total. The molecule has 2 rings (SSSR count). The van der Waals surface area contributed by atoms with Crippen LogP contribution in [0.15, 0.2) is 18.5 Å². The molecule has 0 aliphatic heterocycles. The maximum Gasteiger partial charge on any atom is 0.275 e. The molecule has 0 aliphatic rings. The highest BCUT2D eigenvalue weighted by Crippen LogP contribution is 2.25. The van der Waals surface area contributed by atoms with Crippen LogP contribution in [-0.2, 0) is 13.1 Å². The number of nitrogens with one attached hydrogen (secondary N) is 1. The molecule has 0 bridgehead atoms. The van der Waals surface area contributed by atoms with E-state index < -0.39 is 27.9 Å². The van der Waals surface area contributed by atoms with Gasteiger partial charge in [-0.3, -0.25) is 10.1 Å². The lowest BCUT2D eigenvalue weighted by Gasteiger charge is -2.09. The number of aryl methyl sites for hydroxylation is 1. The van der Waals surface area contributed by atoms with Crippen molar-refractivity contribution >= 4 is 11.4 Å². The SMILES string of the molecule is CCn1cnnc1CNc1c(F)cc([N+](=O)[O-])cc1F. The topological polar surface area (TPSA) is 85.9 Å². The van der Waals surface area contributed by atoms with E-state index >= 15 is 0 Å². The highest BCUT2D eigenvalue weighted by molar-refractivity contribution is 5.51. The second-order valence-electron chi connectivity index (χ2n) is 3.93. The van der Waals surface area contributed by atoms with E-state index in [2.05, 4.69) is 15.5 Å². The Morgan fingerprint density at radius 1 is 1.40 bits per heavy atom. The van der Waals surface area contributed by atoms with Crippen LogP contribution in [0.25, 0.3) is 0 Å². The number of anilines is 1. The Hall–Kier alpha value is -2.58. The molecule has 0 unspecified atom stereocenters. The molecule has 0 spiro atoms. The van der Waals surface area contributed by atoms with Crippen molar-refractivity contribution in [2.24, 2.45) is 0 Å². The molecular formula is C11H11F2N5O2. The van der Waals surface area contributed by atoms with Crippen molar-refractivity contribution in [1.82, 2.24) is 14.8 Å². The van der Waals surface area contributed by atoms with Crippen molar-refractivity contribution in [3.8, 4) is 0 Å². The van der Waals surface area contributed by atoms with E-state index in [4.69, 9.17) is 0 Å². The average molecular weight is 283 g/mol. The second-order valence-corrected chi connectivity index (χ2v) is 3.93. The predicted molar refractivity (Wildman–Crippen MR) is 66.0 cm³/mol. The molecule has 2 aromatic rings. The summed E-state index contributed by atoms with van der Waals surface area (Å²) in [4.78, 5) is 9.62. The molecule has 1 aromatic heterocycles. The molecule has 1 aromatic carbocycles. The highest BCUT2D eigenvalue weighted by atomic mass is 19.1. The predicted octanol–water partition coefficient (Wildman–Crippen LogP) is 2.10. The molecule has 0 amide bonds. The maximum atomic E-state index is 13.6. The van der Waals surface area contributed by atoms with Gasteiger partial charge in [0, 0.05) is 6.54 Å². The van der Waals surface area contributed by atoms with Crippen LogP contribution >= 0.6 is 0 Å². The molecule has 0 radical (unpaired) electrons. The fraction of sp³-hybridized carbons (Fsp3) is 0.273. The monoisotopic (exact) mass is 283 g/mol. The fourth-order valence-electron chi connectivity index (χ4n) is 1.68. The standard InChI is InChI=1S/C11H11F2N5O2/c1-2-17-6-15-16-10(17)5-14-11-8(12)3-7(18(19)20)4-9(11)13/h3-4,6,14H,2,5H2,1H3. The highest BCUT2D eigenvalue weighted by Gasteiger charge is 2.17. The van der Waals surface area contributed by atoms with Crippen LogP contribution in [0.2, 0.25) is 0 Å². The largest absolute Gasteiger partial charge is 0.373 e. The van der Waals surface area contributed by atoms with E-state index in [1.165, 1.54) is 6.33 Å². The van der Waals surface area contributed by atoms with E-state index in [-0.39, 0.29) is 6.54 Å². The Morgan fingerprint density at radius 2 is 2.05 bits per heavy atom. The number of nitro groups is 1. The summed E-state index contributed by atoms with van der Waals surface area (Å²) in [5.74, 6) is -1.55. The lowest BCUT2D eigenvalue weighted by molar-refractivity contribution is -0.385. The van der Waals surface area contributed by atoms with Gasteiger partial charge in [-0.2, -0.15) is 0 Å². The molecular weight excluding hydrogens is 272 g/mol. The third-order valence-electron chi connectivity index (χ3n) is 2.70. The van der Waals surface area contributed by atoms with Gasteiger partial charge in [0.25, 0.3) is 5.69 Å². The van der Waals surface area contributed by atoms with Crippen LogP contribution in [-0.4, -0.2) is 19.7 Å². The van der Waals surface area contributed by atoms with Gasteiger partial charge < -0.3 is 9.88 Å². The first-order valence-corrected chi connectivity index (χ1v) is 5.77. The molecule has 0 aliphatic carbocycles. The van der Waals surface area contributed by atoms with E-state index in [9.17, 15) is 18.9 Å². The molecule has 0 fully saturated rings. The zero-order chi connectivity index (χ0) is 14.7. The van der Waals surface area contributed by atoms with Crippen molar-refractivity contribution in [2.75, 3.05) is 5.32 Å². The van der Waals surface area contributed by atoms with Gasteiger partial charge in [-0.1, -0.05) is 0 Å². The summed E-state index contributed by atoms with van der Waals surface area (Å²) in [5.41, 5.74) is -1.07. The number of hydrogen-bond acceptors (Lipinski definition) is 5. The van der Waals surface area contributed by atoms with Crippen molar-refractivity contribution in [3.05, 3.63) is 46.0 Å². The van der Waals surface area contributed by atoms with Crippen molar-refractivity contribution in [1.29, 1.82) is 0 Å². The van der Waals surface area contributed by atoms with Gasteiger partial charge in [-0.25, -0.2) is 8.78 Å². The Bertz CT molecular complexity index is 620. The Morgan fingerprint density at radius 3 is 2.60 bits per heavy atom. The minimum absolute atomic E-state index is 0.0551. The van der Waals surface area contributed by atoms with E-state index in [1.807, 2.05) is 6.92 Å². The maximum absolute atomic E-state index is 13.6. The number of hydrogen-bond donors (Lipinski definition) is 1. The van der Waals surface area contributed by atoms with Gasteiger partial charge in [-0.15, -0.1) is 10.2 Å². The normalized spacial score (nSPS) is 10.6. The summed E-state index contributed by atoms with van der Waals surface area (Å²) in [6.45, 7) is 2.55. The zero-order valence-electron chi connectivity index (χ0n) is 10.5. The molecule has 1 N–H and O–H groups in total. The first-order chi connectivity index (χ1) is 9.52. The van der Waals surface area contributed by atoms with Crippen LogP contribution in [0.3, 0.4) is 0 Å². The Balaban J connectivity index is 2.20. The number of aromatic nitrogens is 3. The van der Waals surface area contributed by atoms with E-state index in [1.54, 1.807) is 4.57 Å². The Labute approximate surface area is 112 Å². The number of rotatable bonds is 5. The van der Waals surface area contributed by atoms with Gasteiger partial charge in [-0.05, 0) is 6.92 Å². The number of nitro benzene ring substituents is 1. The number of halogens is 2. The van der Waals surface area contributed by atoms with Gasteiger partial charge in [0.15, 0.2) is 17.5 Å². The molecule has 1 heterocycles. The van der Waals surface area contributed by atoms with Crippen LogP contribution in [0, 0.1) is 21.7 Å². The first kappa shape index (κ1) is 13.8. The molecule has 0 atom stereocenters. The minimum Gasteiger partial charge on any atom is -0.373 e. The van der Waals surface area contributed by atoms with Gasteiger partial charge >= 0.3 is 0 Å². The molecule has 9 heteroatoms. The number of benzene rings is 1. The molecule has 0 saturated heterocycles. The third-order valence-corrected chi connectivity index (χ3v) is 2.70. The zero-order valence-corrected chi connectivity index (χ0v) is 10.5. The van der Waals surface area contributed by atoms with Crippen LogP contribution in [0.4, 0.5) is 20.2 Å². The van der Waals surface area contributed by atoms with Crippen LogP contribution in [0.5, 0.6) is 0 Å². The Kier molecular flexibility index (Phi) is 3.87. The summed E-state index contributed by atoms with van der Waals surface area (Å²) in [6, 6.07) is 1.33. The fourth-order valence-corrected chi connectivity index (χ4v) is 1.68. The van der Waals surface area contributed by atoms with Crippen molar-refractivity contribution in [2.45, 2.75) is 20.0 Å². The van der Waals surface area contributed by atoms with Crippen molar-refractivity contribution in [3.63, 3.8) is 0 Å². The number of nitrogens with zero attached hydrogens (tertiary/aromatic N) is 4. The number of non-ortho nitro benzene ring substituents is 1. The van der Waals surface area contributed by atoms with Gasteiger partial charge in [0.2, 0.25) is 0 Å². The molecule has 20 heavy (non-hydrogen) atoms. The van der Waals surface area contributed by atoms with Gasteiger partial charge in [0.05, 0.1) is 23.6 Å². The summed E-state index contributed by atoms with van der Waals surface area (Å²) in [5, 5.41) is 20.5. The molecule has 0 saturated carbocycles. The molecule has 106 valence electrons. The first-order valence-electron chi connectivity index (χ1n) is 5.77. The van der Waals surface area contributed by atoms with Crippen LogP contribution < -0.4 is 5.32 Å². The minimum atomic E-state index is -1.03. The van der Waals surface area contributed by atoms with Crippen LogP contribution in [0.1, 0.15) is 12.7 Å². The smallest absolute Gasteiger partial charge is 0.275 e. The second kappa shape index (κ2) is 5.59.